The van der Waals surface area contributed by atoms with Crippen molar-refractivity contribution in [2.75, 3.05) is 19.6 Å². The number of likely N-dealkylation sites (tertiary alicyclic amines) is 1. The summed E-state index contributed by atoms with van der Waals surface area (Å²) in [6.45, 7) is 5.92. The number of urea groups is 1. The predicted molar refractivity (Wildman–Crippen MR) is 68.7 cm³/mol. The smallest absolute Gasteiger partial charge is 0.317 e. The molecule has 0 spiro atoms. The molecule has 5 nitrogen and oxygen atoms in total. The Kier molecular flexibility index (Phi) is 4.02. The molecule has 1 unspecified atom stereocenters. The Morgan fingerprint density at radius 2 is 2.44 bits per heavy atom. The third-order valence-corrected chi connectivity index (χ3v) is 2.93. The van der Waals surface area contributed by atoms with Crippen molar-refractivity contribution in [3.63, 3.8) is 0 Å². The van der Waals surface area contributed by atoms with E-state index in [1.807, 2.05) is 26.0 Å². The zero-order chi connectivity index (χ0) is 13.0. The van der Waals surface area contributed by atoms with Gasteiger partial charge in [0.2, 0.25) is 5.88 Å². The molecule has 1 atom stereocenters. The molecule has 1 N–H and O–H groups in total. The molecule has 1 aromatic rings. The van der Waals surface area contributed by atoms with Gasteiger partial charge in [-0.25, -0.2) is 9.78 Å². The molecule has 1 aliphatic rings. The van der Waals surface area contributed by atoms with E-state index in [1.54, 1.807) is 11.1 Å². The van der Waals surface area contributed by atoms with E-state index in [0.717, 1.165) is 18.5 Å². The Morgan fingerprint density at radius 3 is 3.11 bits per heavy atom. The second kappa shape index (κ2) is 5.71. The number of ether oxygens (including phenoxy) is 1. The molecule has 2 amide bonds. The average Bonchev–Trinajstić information content (AvgIpc) is 2.81. The zero-order valence-corrected chi connectivity index (χ0v) is 10.8. The van der Waals surface area contributed by atoms with Crippen LogP contribution in [0.2, 0.25) is 0 Å². The number of hydrogen-bond donors (Lipinski definition) is 1. The molecule has 2 heterocycles. The molecule has 1 aliphatic heterocycles. The minimum Gasteiger partial charge on any atom is -0.472 e. The molecule has 1 aromatic heterocycles. The van der Waals surface area contributed by atoms with Gasteiger partial charge in [0.05, 0.1) is 6.54 Å². The third kappa shape index (κ3) is 3.12. The molecular formula is C13H19N3O2. The Hall–Kier alpha value is -1.78. The quantitative estimate of drug-likeness (QED) is 0.884. The summed E-state index contributed by atoms with van der Waals surface area (Å²) in [5, 5.41) is 2.80. The molecule has 0 radical (unpaired) electrons. The van der Waals surface area contributed by atoms with Gasteiger partial charge in [0.25, 0.3) is 0 Å². The van der Waals surface area contributed by atoms with Crippen LogP contribution in [0.5, 0.6) is 5.88 Å². The first kappa shape index (κ1) is 12.7. The number of amides is 2. The summed E-state index contributed by atoms with van der Waals surface area (Å²) in [6, 6.07) is 3.82. The molecule has 1 saturated heterocycles. The summed E-state index contributed by atoms with van der Waals surface area (Å²) in [5.41, 5.74) is 1.11. The van der Waals surface area contributed by atoms with Gasteiger partial charge in [0.1, 0.15) is 6.10 Å². The van der Waals surface area contributed by atoms with Crippen LogP contribution < -0.4 is 10.1 Å². The highest BCUT2D eigenvalue weighted by molar-refractivity contribution is 5.74. The number of nitrogens with one attached hydrogen (secondary N) is 1. The average molecular weight is 249 g/mol. The van der Waals surface area contributed by atoms with Gasteiger partial charge in [-0.2, -0.15) is 0 Å². The minimum absolute atomic E-state index is 0.0135. The van der Waals surface area contributed by atoms with Crippen LogP contribution in [0.25, 0.3) is 0 Å². The maximum atomic E-state index is 11.6. The van der Waals surface area contributed by atoms with Crippen molar-refractivity contribution in [3.8, 4) is 5.88 Å². The first-order chi connectivity index (χ1) is 8.69. The van der Waals surface area contributed by atoms with E-state index < -0.39 is 0 Å². The van der Waals surface area contributed by atoms with Crippen molar-refractivity contribution in [1.82, 2.24) is 15.2 Å². The first-order valence-corrected chi connectivity index (χ1v) is 6.31. The predicted octanol–water partition coefficient (Wildman–Crippen LogP) is 1.57. The molecule has 0 saturated carbocycles. The van der Waals surface area contributed by atoms with Crippen molar-refractivity contribution in [2.24, 2.45) is 0 Å². The SMILES string of the molecule is CCNC(=O)N1CCC(Oc2ccc(C)cn2)C1. The Labute approximate surface area is 107 Å². The molecule has 0 aromatic carbocycles. The Balaban J connectivity index is 1.86. The van der Waals surface area contributed by atoms with Crippen LogP contribution in [-0.4, -0.2) is 41.7 Å². The van der Waals surface area contributed by atoms with Crippen LogP contribution >= 0.6 is 0 Å². The molecule has 1 fully saturated rings. The fourth-order valence-electron chi connectivity index (χ4n) is 1.97. The summed E-state index contributed by atoms with van der Waals surface area (Å²) in [6.07, 6.45) is 2.68. The van der Waals surface area contributed by atoms with E-state index in [2.05, 4.69) is 10.3 Å². The summed E-state index contributed by atoms with van der Waals surface area (Å²) < 4.78 is 5.76. The van der Waals surface area contributed by atoms with Gasteiger partial charge in [-0.1, -0.05) is 6.07 Å². The largest absolute Gasteiger partial charge is 0.472 e. The van der Waals surface area contributed by atoms with E-state index in [0.29, 0.717) is 19.0 Å². The van der Waals surface area contributed by atoms with E-state index in [4.69, 9.17) is 4.74 Å². The highest BCUT2D eigenvalue weighted by Gasteiger charge is 2.27. The molecule has 18 heavy (non-hydrogen) atoms. The second-order valence-electron chi connectivity index (χ2n) is 4.48. The number of rotatable bonds is 3. The number of carbonyl (C=O) groups is 1. The number of carbonyl (C=O) groups excluding carboxylic acids is 1. The second-order valence-corrected chi connectivity index (χ2v) is 4.48. The van der Waals surface area contributed by atoms with Gasteiger partial charge in [-0.05, 0) is 19.4 Å². The summed E-state index contributed by atoms with van der Waals surface area (Å²) >= 11 is 0. The number of hydrogen-bond acceptors (Lipinski definition) is 3. The van der Waals surface area contributed by atoms with Crippen molar-refractivity contribution in [1.29, 1.82) is 0 Å². The summed E-state index contributed by atoms with van der Waals surface area (Å²) in [4.78, 5) is 17.6. The lowest BCUT2D eigenvalue weighted by atomic mass is 10.3. The van der Waals surface area contributed by atoms with Crippen LogP contribution in [0, 0.1) is 6.92 Å². The minimum atomic E-state index is -0.0135. The summed E-state index contributed by atoms with van der Waals surface area (Å²) in [7, 11) is 0. The molecule has 98 valence electrons. The first-order valence-electron chi connectivity index (χ1n) is 6.31. The molecule has 0 aliphatic carbocycles. The van der Waals surface area contributed by atoms with Gasteiger partial charge in [-0.15, -0.1) is 0 Å². The van der Waals surface area contributed by atoms with Crippen LogP contribution in [-0.2, 0) is 0 Å². The van der Waals surface area contributed by atoms with E-state index >= 15 is 0 Å². The molecule has 5 heteroatoms. The lowest BCUT2D eigenvalue weighted by molar-refractivity contribution is 0.183. The van der Waals surface area contributed by atoms with Crippen molar-refractivity contribution < 1.29 is 9.53 Å². The van der Waals surface area contributed by atoms with Crippen LogP contribution in [0.4, 0.5) is 4.79 Å². The van der Waals surface area contributed by atoms with Crippen LogP contribution in [0.3, 0.4) is 0 Å². The normalized spacial score (nSPS) is 18.8. The van der Waals surface area contributed by atoms with Crippen LogP contribution in [0.15, 0.2) is 18.3 Å². The van der Waals surface area contributed by atoms with Crippen LogP contribution in [0.1, 0.15) is 18.9 Å². The maximum absolute atomic E-state index is 11.6. The number of pyridine rings is 1. The van der Waals surface area contributed by atoms with Gasteiger partial charge >= 0.3 is 6.03 Å². The standard InChI is InChI=1S/C13H19N3O2/c1-3-14-13(17)16-7-6-11(9-16)18-12-5-4-10(2)8-15-12/h4-5,8,11H,3,6-7,9H2,1-2H3,(H,14,17). The van der Waals surface area contributed by atoms with E-state index in [-0.39, 0.29) is 12.1 Å². The lowest BCUT2D eigenvalue weighted by Gasteiger charge is -2.17. The van der Waals surface area contributed by atoms with Gasteiger partial charge in [-0.3, -0.25) is 0 Å². The van der Waals surface area contributed by atoms with Gasteiger partial charge < -0.3 is 15.0 Å². The monoisotopic (exact) mass is 249 g/mol. The molecular weight excluding hydrogens is 230 g/mol. The van der Waals surface area contributed by atoms with E-state index in [9.17, 15) is 4.79 Å². The number of aryl methyl sites for hydroxylation is 1. The highest BCUT2D eigenvalue weighted by atomic mass is 16.5. The number of aromatic nitrogens is 1. The number of nitrogens with zero attached hydrogens (tertiary/aromatic N) is 2. The molecule has 2 rings (SSSR count). The summed E-state index contributed by atoms with van der Waals surface area (Å²) in [5.74, 6) is 0.628. The zero-order valence-electron chi connectivity index (χ0n) is 10.8. The topological polar surface area (TPSA) is 54.5 Å². The molecule has 0 bridgehead atoms. The lowest BCUT2D eigenvalue weighted by Crippen LogP contribution is -2.39. The highest BCUT2D eigenvalue weighted by Crippen LogP contribution is 2.16. The van der Waals surface area contributed by atoms with Crippen molar-refractivity contribution in [3.05, 3.63) is 23.9 Å². The van der Waals surface area contributed by atoms with Gasteiger partial charge in [0, 0.05) is 31.8 Å². The Bertz CT molecular complexity index is 405. The van der Waals surface area contributed by atoms with Crippen molar-refractivity contribution in [2.45, 2.75) is 26.4 Å². The fraction of sp³-hybridized carbons (Fsp3) is 0.538. The van der Waals surface area contributed by atoms with E-state index in [1.165, 1.54) is 0 Å². The van der Waals surface area contributed by atoms with Gasteiger partial charge in [0.15, 0.2) is 0 Å². The maximum Gasteiger partial charge on any atom is 0.317 e. The van der Waals surface area contributed by atoms with Crippen molar-refractivity contribution >= 4 is 6.03 Å². The third-order valence-electron chi connectivity index (χ3n) is 2.93. The fourth-order valence-corrected chi connectivity index (χ4v) is 1.97. The Morgan fingerprint density at radius 1 is 1.61 bits per heavy atom.